The van der Waals surface area contributed by atoms with Gasteiger partial charge in [-0.2, -0.15) is 0 Å². The summed E-state index contributed by atoms with van der Waals surface area (Å²) < 4.78 is 26.1. The minimum Gasteiger partial charge on any atom is -0.462 e. The van der Waals surface area contributed by atoms with E-state index in [4.69, 9.17) is 19.3 Å². The first-order valence-electron chi connectivity index (χ1n) is 17.9. The van der Waals surface area contributed by atoms with Crippen LogP contribution in [-0.2, 0) is 28.2 Å². The summed E-state index contributed by atoms with van der Waals surface area (Å²) in [7, 11) is -4.78. The van der Waals surface area contributed by atoms with Crippen molar-refractivity contribution in [1.29, 1.82) is 0 Å². The Kier molecular flexibility index (Phi) is 32.1. The van der Waals surface area contributed by atoms with Crippen molar-refractivity contribution >= 4 is 19.8 Å². The largest absolute Gasteiger partial charge is 0.469 e. The van der Waals surface area contributed by atoms with Crippen molar-refractivity contribution < 1.29 is 37.9 Å². The highest BCUT2D eigenvalue weighted by Crippen LogP contribution is 2.35. The van der Waals surface area contributed by atoms with Crippen LogP contribution in [0.3, 0.4) is 0 Å². The molecule has 1 unspecified atom stereocenters. The van der Waals surface area contributed by atoms with Crippen LogP contribution in [0, 0.1) is 0 Å². The number of carbonyl (C=O) groups excluding carboxylic acids is 2. The number of allylic oxidation sites excluding steroid dienone is 14. The third-order valence-corrected chi connectivity index (χ3v) is 7.40. The molecule has 0 aliphatic carbocycles. The van der Waals surface area contributed by atoms with Crippen molar-refractivity contribution in [3.63, 3.8) is 0 Å². The number of rotatable bonds is 31. The lowest BCUT2D eigenvalue weighted by molar-refractivity contribution is -0.161. The first kappa shape index (κ1) is 45.2. The maximum Gasteiger partial charge on any atom is 0.469 e. The van der Waals surface area contributed by atoms with Gasteiger partial charge in [-0.05, 0) is 70.6 Å². The van der Waals surface area contributed by atoms with Gasteiger partial charge >= 0.3 is 19.8 Å². The highest BCUT2D eigenvalue weighted by molar-refractivity contribution is 7.46. The number of ether oxygens (including phenoxy) is 2. The molecule has 0 rings (SSSR count). The van der Waals surface area contributed by atoms with Crippen LogP contribution in [0.25, 0.3) is 0 Å². The molecule has 0 saturated carbocycles. The summed E-state index contributed by atoms with van der Waals surface area (Å²) in [5.74, 6) is -1.04. The molecule has 0 radical (unpaired) electrons. The lowest BCUT2D eigenvalue weighted by atomic mass is 10.1. The SMILES string of the molecule is CC/C=C/C/C=C/C/C=C/C/C=C/C/C=C/CCCC(=O)OCC(COP(=O)(O)O)OC(=O)CC/C=C/C/C=C/CCCCCCCC. The Labute approximate surface area is 291 Å². The van der Waals surface area contributed by atoms with Crippen LogP contribution >= 0.6 is 7.82 Å². The molecule has 1 atom stereocenters. The normalized spacial score (nSPS) is 13.5. The number of carbonyl (C=O) groups is 2. The molecule has 2 N–H and O–H groups in total. The first-order valence-corrected chi connectivity index (χ1v) is 19.4. The zero-order valence-corrected chi connectivity index (χ0v) is 30.5. The molecule has 0 aromatic heterocycles. The summed E-state index contributed by atoms with van der Waals surface area (Å²) in [5, 5.41) is 0. The molecular formula is C39H63O8P. The number of hydrogen-bond acceptors (Lipinski definition) is 6. The molecule has 0 heterocycles. The van der Waals surface area contributed by atoms with Crippen molar-refractivity contribution in [2.45, 2.75) is 136 Å². The second-order valence-electron chi connectivity index (χ2n) is 11.5. The molecule has 0 fully saturated rings. The fraction of sp³-hybridized carbons (Fsp3) is 0.590. The quantitative estimate of drug-likeness (QED) is 0.0319. The second kappa shape index (κ2) is 34.1. The summed E-state index contributed by atoms with van der Waals surface area (Å²) in [6, 6.07) is 0. The van der Waals surface area contributed by atoms with Gasteiger partial charge in [0.2, 0.25) is 0 Å². The van der Waals surface area contributed by atoms with Gasteiger partial charge in [0.25, 0.3) is 0 Å². The van der Waals surface area contributed by atoms with Crippen LogP contribution in [0.15, 0.2) is 85.1 Å². The van der Waals surface area contributed by atoms with Gasteiger partial charge in [-0.1, -0.05) is 131 Å². The molecule has 0 aromatic rings. The average Bonchev–Trinajstić information content (AvgIpc) is 3.05. The van der Waals surface area contributed by atoms with E-state index in [2.05, 4.69) is 85.2 Å². The number of phosphoric ester groups is 1. The Morgan fingerprint density at radius 3 is 1.58 bits per heavy atom. The highest BCUT2D eigenvalue weighted by Gasteiger charge is 2.22. The summed E-state index contributed by atoms with van der Waals surface area (Å²) in [4.78, 5) is 42.5. The molecule has 272 valence electrons. The van der Waals surface area contributed by atoms with E-state index in [1.165, 1.54) is 38.5 Å². The Morgan fingerprint density at radius 1 is 0.562 bits per heavy atom. The molecule has 0 aliphatic heterocycles. The number of phosphoric acid groups is 1. The predicted molar refractivity (Wildman–Crippen MR) is 197 cm³/mol. The zero-order chi connectivity index (χ0) is 35.4. The standard InChI is InChI=1S/C39H63O8P/c1-3-5-7-9-11-13-15-17-18-19-20-22-23-25-27-29-31-33-38(40)45-35-37(36-46-48(42,43)44)47-39(41)34-32-30-28-26-24-21-16-14-12-10-8-6-4-2/h5,7,11,13,17-18,20-22,24-25,27-28,30,37H,3-4,6,8-10,12,14-16,19,23,26,29,31-36H2,1-2H3,(H2,42,43,44)/b7-5+,13-11+,18-17+,22-20+,24-21+,27-25+,30-28+. The maximum absolute atomic E-state index is 12.3. The van der Waals surface area contributed by atoms with Crippen molar-refractivity contribution in [2.24, 2.45) is 0 Å². The topological polar surface area (TPSA) is 119 Å². The minimum absolute atomic E-state index is 0.0889. The first-order chi connectivity index (χ1) is 23.3. The molecular weight excluding hydrogens is 627 g/mol. The molecule has 0 aromatic carbocycles. The van der Waals surface area contributed by atoms with Crippen LogP contribution < -0.4 is 0 Å². The van der Waals surface area contributed by atoms with Gasteiger partial charge in [0, 0.05) is 12.8 Å². The minimum atomic E-state index is -4.78. The number of hydrogen-bond donors (Lipinski definition) is 2. The zero-order valence-electron chi connectivity index (χ0n) is 29.6. The van der Waals surface area contributed by atoms with Crippen LogP contribution in [0.4, 0.5) is 0 Å². The summed E-state index contributed by atoms with van der Waals surface area (Å²) in [5.41, 5.74) is 0. The molecule has 0 bridgehead atoms. The van der Waals surface area contributed by atoms with E-state index in [9.17, 15) is 14.2 Å². The molecule has 8 nitrogen and oxygen atoms in total. The van der Waals surface area contributed by atoms with Gasteiger partial charge in [0.15, 0.2) is 6.10 Å². The monoisotopic (exact) mass is 690 g/mol. The van der Waals surface area contributed by atoms with E-state index in [0.717, 1.165) is 44.9 Å². The van der Waals surface area contributed by atoms with Gasteiger partial charge in [0.05, 0.1) is 6.61 Å². The van der Waals surface area contributed by atoms with Gasteiger partial charge in [-0.15, -0.1) is 0 Å². The lowest BCUT2D eigenvalue weighted by Crippen LogP contribution is -2.29. The smallest absolute Gasteiger partial charge is 0.462 e. The number of esters is 2. The second-order valence-corrected chi connectivity index (χ2v) is 12.7. The lowest BCUT2D eigenvalue weighted by Gasteiger charge is -2.18. The molecule has 0 amide bonds. The summed E-state index contributed by atoms with van der Waals surface area (Å²) in [6.45, 7) is 3.43. The third kappa shape index (κ3) is 36.1. The molecule has 0 saturated heterocycles. The van der Waals surface area contributed by atoms with E-state index >= 15 is 0 Å². The molecule has 48 heavy (non-hydrogen) atoms. The fourth-order valence-electron chi connectivity index (χ4n) is 4.28. The van der Waals surface area contributed by atoms with Crippen LogP contribution in [0.2, 0.25) is 0 Å². The van der Waals surface area contributed by atoms with E-state index < -0.39 is 32.5 Å². The van der Waals surface area contributed by atoms with E-state index in [1.54, 1.807) is 0 Å². The van der Waals surface area contributed by atoms with E-state index in [0.29, 0.717) is 19.3 Å². The Hall–Kier alpha value is -2.77. The van der Waals surface area contributed by atoms with Crippen molar-refractivity contribution in [3.05, 3.63) is 85.1 Å². The third-order valence-electron chi connectivity index (χ3n) is 6.91. The molecule has 0 aliphatic rings. The Balaban J connectivity index is 4.19. The molecule has 9 heteroatoms. The number of unbranched alkanes of at least 4 members (excludes halogenated alkanes) is 7. The maximum atomic E-state index is 12.3. The Bertz CT molecular complexity index is 1050. The van der Waals surface area contributed by atoms with Crippen LogP contribution in [0.5, 0.6) is 0 Å². The van der Waals surface area contributed by atoms with E-state index in [1.807, 2.05) is 18.2 Å². The van der Waals surface area contributed by atoms with E-state index in [-0.39, 0.29) is 19.4 Å². The van der Waals surface area contributed by atoms with Crippen molar-refractivity contribution in [1.82, 2.24) is 0 Å². The Morgan fingerprint density at radius 2 is 1.04 bits per heavy atom. The van der Waals surface area contributed by atoms with Crippen LogP contribution in [0.1, 0.15) is 129 Å². The van der Waals surface area contributed by atoms with Crippen LogP contribution in [-0.4, -0.2) is 41.0 Å². The van der Waals surface area contributed by atoms with Gasteiger partial charge in [-0.25, -0.2) is 4.57 Å². The van der Waals surface area contributed by atoms with Gasteiger partial charge in [-0.3, -0.25) is 14.1 Å². The van der Waals surface area contributed by atoms with Crippen molar-refractivity contribution in [2.75, 3.05) is 13.2 Å². The molecule has 0 spiro atoms. The summed E-state index contributed by atoms with van der Waals surface area (Å²) >= 11 is 0. The van der Waals surface area contributed by atoms with Crippen molar-refractivity contribution in [3.8, 4) is 0 Å². The average molecular weight is 691 g/mol. The highest BCUT2D eigenvalue weighted by atomic mass is 31.2. The fourth-order valence-corrected chi connectivity index (χ4v) is 4.64. The summed E-state index contributed by atoms with van der Waals surface area (Å²) in [6.07, 6.45) is 44.7. The van der Waals surface area contributed by atoms with Gasteiger partial charge < -0.3 is 19.3 Å². The predicted octanol–water partition coefficient (Wildman–Crippen LogP) is 10.5. The van der Waals surface area contributed by atoms with Gasteiger partial charge in [0.1, 0.15) is 6.61 Å².